The highest BCUT2D eigenvalue weighted by molar-refractivity contribution is 6.17. The molecule has 2 radical (unpaired) electrons. The topological polar surface area (TPSA) is 9.23 Å². The molecular formula is C22H17BO. The van der Waals surface area contributed by atoms with Gasteiger partial charge in [0.2, 0.25) is 0 Å². The van der Waals surface area contributed by atoms with Crippen molar-refractivity contribution in [1.82, 2.24) is 0 Å². The summed E-state index contributed by atoms with van der Waals surface area (Å²) in [6, 6.07) is 17.3. The summed E-state index contributed by atoms with van der Waals surface area (Å²) in [6.45, 7) is 1.91. The molecule has 0 N–H and O–H groups in total. The molecule has 0 amide bonds. The van der Waals surface area contributed by atoms with Gasteiger partial charge in [-0.15, -0.1) is 0 Å². The fraction of sp³-hybridized carbons (Fsp3) is 0.182. The Hall–Kier alpha value is -2.48. The monoisotopic (exact) mass is 308 g/mol. The lowest BCUT2D eigenvalue weighted by Crippen LogP contribution is -2.33. The van der Waals surface area contributed by atoms with Crippen molar-refractivity contribution in [3.63, 3.8) is 0 Å². The van der Waals surface area contributed by atoms with Crippen LogP contribution in [0.15, 0.2) is 54.6 Å². The van der Waals surface area contributed by atoms with Crippen LogP contribution in [0, 0.1) is 0 Å². The van der Waals surface area contributed by atoms with E-state index in [-0.39, 0.29) is 0 Å². The molecular weight excluding hydrogens is 291 g/mol. The SMILES string of the molecule is [B][C@]1(C)C=Cc2c(c3c(c4ccccc24)-c2ccccc2CC3)O1. The third-order valence-corrected chi connectivity index (χ3v) is 5.14. The standard InChI is InChI=1S/C22H17BO/c1-22(23)13-12-18-16-8-4-5-9-17(16)20-15-7-3-2-6-14(15)10-11-19(20)21(18)24-22/h2-9,12-13H,10-11H2,1H3/t22-/m0/s1. The minimum absolute atomic E-state index is 0.750. The van der Waals surface area contributed by atoms with Crippen molar-refractivity contribution in [2.45, 2.75) is 25.3 Å². The van der Waals surface area contributed by atoms with Crippen molar-refractivity contribution >= 4 is 24.7 Å². The first-order chi connectivity index (χ1) is 11.6. The van der Waals surface area contributed by atoms with Crippen molar-refractivity contribution in [1.29, 1.82) is 0 Å². The van der Waals surface area contributed by atoms with Gasteiger partial charge in [-0.05, 0) is 47.2 Å². The highest BCUT2D eigenvalue weighted by Crippen LogP contribution is 2.48. The van der Waals surface area contributed by atoms with Crippen LogP contribution < -0.4 is 4.74 Å². The van der Waals surface area contributed by atoms with Crippen LogP contribution in [-0.4, -0.2) is 13.3 Å². The van der Waals surface area contributed by atoms with Gasteiger partial charge in [-0.25, -0.2) is 0 Å². The van der Waals surface area contributed by atoms with E-state index in [0.717, 1.165) is 24.2 Å². The molecule has 1 aliphatic heterocycles. The van der Waals surface area contributed by atoms with Crippen LogP contribution in [0.25, 0.3) is 28.0 Å². The van der Waals surface area contributed by atoms with Gasteiger partial charge in [0.05, 0.1) is 5.50 Å². The number of hydrogen-bond donors (Lipinski definition) is 0. The molecule has 5 rings (SSSR count). The quantitative estimate of drug-likeness (QED) is 0.537. The largest absolute Gasteiger partial charge is 0.493 e. The Morgan fingerprint density at radius 3 is 2.58 bits per heavy atom. The average Bonchev–Trinajstić information content (AvgIpc) is 2.60. The molecule has 24 heavy (non-hydrogen) atoms. The number of hydrogen-bond acceptors (Lipinski definition) is 1. The van der Waals surface area contributed by atoms with Gasteiger partial charge in [0.1, 0.15) is 13.6 Å². The highest BCUT2D eigenvalue weighted by atomic mass is 16.5. The Kier molecular flexibility index (Phi) is 2.76. The lowest BCUT2D eigenvalue weighted by molar-refractivity contribution is 0.222. The molecule has 1 aliphatic carbocycles. The van der Waals surface area contributed by atoms with E-state index in [2.05, 4.69) is 54.6 Å². The normalized spacial score (nSPS) is 20.9. The lowest BCUT2D eigenvalue weighted by Gasteiger charge is -2.34. The predicted molar refractivity (Wildman–Crippen MR) is 101 cm³/mol. The Bertz CT molecular complexity index is 1010. The molecule has 3 aromatic carbocycles. The predicted octanol–water partition coefficient (Wildman–Crippen LogP) is 4.90. The van der Waals surface area contributed by atoms with Crippen molar-refractivity contribution in [3.8, 4) is 16.9 Å². The van der Waals surface area contributed by atoms with Crippen molar-refractivity contribution < 1.29 is 4.74 Å². The van der Waals surface area contributed by atoms with Gasteiger partial charge in [-0.3, -0.25) is 0 Å². The second-order valence-corrected chi connectivity index (χ2v) is 6.92. The number of aryl methyl sites for hydroxylation is 1. The first-order valence-corrected chi connectivity index (χ1v) is 8.47. The van der Waals surface area contributed by atoms with Gasteiger partial charge in [-0.2, -0.15) is 0 Å². The average molecular weight is 308 g/mol. The van der Waals surface area contributed by atoms with E-state index in [1.165, 1.54) is 33.0 Å². The Morgan fingerprint density at radius 2 is 1.71 bits per heavy atom. The summed E-state index contributed by atoms with van der Waals surface area (Å²) < 4.78 is 6.23. The zero-order valence-electron chi connectivity index (χ0n) is 13.7. The van der Waals surface area contributed by atoms with Crippen LogP contribution >= 0.6 is 0 Å². The van der Waals surface area contributed by atoms with Gasteiger partial charge in [0.15, 0.2) is 0 Å². The van der Waals surface area contributed by atoms with Crippen LogP contribution in [0.5, 0.6) is 5.75 Å². The van der Waals surface area contributed by atoms with Gasteiger partial charge in [-0.1, -0.05) is 60.7 Å². The molecule has 0 unspecified atom stereocenters. The molecule has 114 valence electrons. The first-order valence-electron chi connectivity index (χ1n) is 8.47. The Balaban J connectivity index is 1.95. The maximum atomic E-state index is 6.26. The second kappa shape index (κ2) is 4.76. The summed E-state index contributed by atoms with van der Waals surface area (Å²) in [7, 11) is 6.26. The Labute approximate surface area is 143 Å². The maximum absolute atomic E-state index is 6.26. The summed E-state index contributed by atoms with van der Waals surface area (Å²) in [6.07, 6.45) is 6.11. The summed E-state index contributed by atoms with van der Waals surface area (Å²) in [5.41, 5.74) is 5.76. The molecule has 0 saturated carbocycles. The molecule has 0 saturated heterocycles. The number of fused-ring (bicyclic) bond motifs is 8. The molecule has 1 atom stereocenters. The second-order valence-electron chi connectivity index (χ2n) is 6.92. The van der Waals surface area contributed by atoms with Crippen LogP contribution in [0.1, 0.15) is 23.6 Å². The molecule has 1 heterocycles. The number of rotatable bonds is 0. The van der Waals surface area contributed by atoms with Crippen molar-refractivity contribution in [2.75, 3.05) is 0 Å². The smallest absolute Gasteiger partial charge is 0.137 e. The third kappa shape index (κ3) is 1.89. The summed E-state index contributed by atoms with van der Waals surface area (Å²) >= 11 is 0. The molecule has 0 fully saturated rings. The molecule has 2 aliphatic rings. The van der Waals surface area contributed by atoms with Crippen LogP contribution in [-0.2, 0) is 12.8 Å². The minimum Gasteiger partial charge on any atom is -0.493 e. The molecule has 0 spiro atoms. The Morgan fingerprint density at radius 1 is 0.958 bits per heavy atom. The molecule has 0 bridgehead atoms. The molecule has 0 aromatic heterocycles. The minimum atomic E-state index is -0.750. The van der Waals surface area contributed by atoms with Crippen LogP contribution in [0.3, 0.4) is 0 Å². The van der Waals surface area contributed by atoms with Crippen molar-refractivity contribution in [2.24, 2.45) is 0 Å². The van der Waals surface area contributed by atoms with E-state index in [0.29, 0.717) is 0 Å². The number of ether oxygens (including phenoxy) is 1. The number of benzene rings is 3. The van der Waals surface area contributed by atoms with Gasteiger partial charge < -0.3 is 4.74 Å². The summed E-state index contributed by atoms with van der Waals surface area (Å²) in [5.74, 6) is 0.964. The molecule has 1 nitrogen and oxygen atoms in total. The van der Waals surface area contributed by atoms with E-state index in [1.54, 1.807) is 0 Å². The highest BCUT2D eigenvalue weighted by Gasteiger charge is 2.30. The van der Waals surface area contributed by atoms with Gasteiger partial charge in [0, 0.05) is 11.1 Å². The van der Waals surface area contributed by atoms with Gasteiger partial charge in [0.25, 0.3) is 0 Å². The van der Waals surface area contributed by atoms with Crippen LogP contribution in [0.4, 0.5) is 0 Å². The first kappa shape index (κ1) is 13.9. The van der Waals surface area contributed by atoms with E-state index in [1.807, 2.05) is 13.0 Å². The zero-order valence-corrected chi connectivity index (χ0v) is 13.7. The maximum Gasteiger partial charge on any atom is 0.137 e. The molecule has 2 heteroatoms. The zero-order chi connectivity index (χ0) is 16.3. The summed E-state index contributed by atoms with van der Waals surface area (Å²) in [4.78, 5) is 0. The lowest BCUT2D eigenvalue weighted by atomic mass is 9.77. The van der Waals surface area contributed by atoms with E-state index in [9.17, 15) is 0 Å². The summed E-state index contributed by atoms with van der Waals surface area (Å²) in [5, 5.41) is 2.53. The molecule has 3 aromatic rings. The third-order valence-electron chi connectivity index (χ3n) is 5.14. The fourth-order valence-corrected chi connectivity index (χ4v) is 4.07. The fourth-order valence-electron chi connectivity index (χ4n) is 4.07. The van der Waals surface area contributed by atoms with Crippen molar-refractivity contribution in [3.05, 3.63) is 71.3 Å². The van der Waals surface area contributed by atoms with E-state index < -0.39 is 5.50 Å². The van der Waals surface area contributed by atoms with E-state index in [4.69, 9.17) is 12.6 Å². The van der Waals surface area contributed by atoms with Gasteiger partial charge >= 0.3 is 0 Å². The van der Waals surface area contributed by atoms with Crippen LogP contribution in [0.2, 0.25) is 0 Å². The van der Waals surface area contributed by atoms with E-state index >= 15 is 0 Å².